The van der Waals surface area contributed by atoms with Gasteiger partial charge in [0.15, 0.2) is 0 Å². The Balaban J connectivity index is 1.84. The summed E-state index contributed by atoms with van der Waals surface area (Å²) in [6.07, 6.45) is 5.05. The summed E-state index contributed by atoms with van der Waals surface area (Å²) >= 11 is 0. The van der Waals surface area contributed by atoms with Gasteiger partial charge in [-0.25, -0.2) is 4.79 Å². The largest absolute Gasteiger partial charge is 0.379 e. The predicted molar refractivity (Wildman–Crippen MR) is 70.4 cm³/mol. The zero-order chi connectivity index (χ0) is 13.0. The number of rotatable bonds is 3. The van der Waals surface area contributed by atoms with Crippen LogP contribution in [0.25, 0.3) is 0 Å². The molecule has 1 unspecified atom stereocenters. The van der Waals surface area contributed by atoms with E-state index in [0.29, 0.717) is 18.7 Å². The molecule has 1 saturated carbocycles. The second-order valence-corrected chi connectivity index (χ2v) is 5.36. The number of amides is 2. The Morgan fingerprint density at radius 1 is 1.33 bits per heavy atom. The number of urea groups is 1. The summed E-state index contributed by atoms with van der Waals surface area (Å²) in [5.41, 5.74) is 5.91. The van der Waals surface area contributed by atoms with Crippen molar-refractivity contribution in [1.82, 2.24) is 10.2 Å². The average molecular weight is 255 g/mol. The first kappa shape index (κ1) is 13.6. The Kier molecular flexibility index (Phi) is 4.83. The number of nitrogens with two attached hydrogens (primary N) is 1. The van der Waals surface area contributed by atoms with Crippen LogP contribution in [0.3, 0.4) is 0 Å². The van der Waals surface area contributed by atoms with Crippen LogP contribution in [0.5, 0.6) is 0 Å². The van der Waals surface area contributed by atoms with Gasteiger partial charge >= 0.3 is 6.03 Å². The molecule has 18 heavy (non-hydrogen) atoms. The molecule has 2 amide bonds. The maximum atomic E-state index is 12.2. The molecule has 1 saturated heterocycles. The van der Waals surface area contributed by atoms with Gasteiger partial charge < -0.3 is 20.7 Å². The van der Waals surface area contributed by atoms with Crippen molar-refractivity contribution in [2.24, 2.45) is 5.73 Å². The molecular weight excluding hydrogens is 230 g/mol. The Morgan fingerprint density at radius 3 is 2.61 bits per heavy atom. The maximum absolute atomic E-state index is 12.2. The fraction of sp³-hybridized carbons (Fsp3) is 0.923. The first-order valence-electron chi connectivity index (χ1n) is 7.11. The molecule has 1 atom stereocenters. The SMILES string of the molecule is CCN(C(=O)NC1CCOC1)C1CCC(N)CC1. The van der Waals surface area contributed by atoms with E-state index in [-0.39, 0.29) is 12.1 Å². The summed E-state index contributed by atoms with van der Waals surface area (Å²) in [7, 11) is 0. The van der Waals surface area contributed by atoms with Gasteiger partial charge in [-0.3, -0.25) is 0 Å². The number of hydrogen-bond donors (Lipinski definition) is 2. The lowest BCUT2D eigenvalue weighted by Gasteiger charge is -2.36. The minimum atomic E-state index is 0.0634. The van der Waals surface area contributed by atoms with E-state index in [0.717, 1.165) is 45.3 Å². The highest BCUT2D eigenvalue weighted by atomic mass is 16.5. The molecule has 1 aliphatic carbocycles. The number of ether oxygens (including phenoxy) is 1. The molecule has 5 heteroatoms. The van der Waals surface area contributed by atoms with Crippen molar-refractivity contribution in [3.05, 3.63) is 0 Å². The predicted octanol–water partition coefficient (Wildman–Crippen LogP) is 1.08. The van der Waals surface area contributed by atoms with Crippen molar-refractivity contribution >= 4 is 6.03 Å². The Bertz CT molecular complexity index is 271. The van der Waals surface area contributed by atoms with Crippen LogP contribution < -0.4 is 11.1 Å². The molecule has 3 N–H and O–H groups in total. The number of nitrogens with one attached hydrogen (secondary N) is 1. The molecule has 2 fully saturated rings. The van der Waals surface area contributed by atoms with Crippen molar-refractivity contribution in [2.75, 3.05) is 19.8 Å². The van der Waals surface area contributed by atoms with Gasteiger partial charge in [-0.05, 0) is 39.0 Å². The second kappa shape index (κ2) is 6.38. The highest BCUT2D eigenvalue weighted by Gasteiger charge is 2.28. The number of carbonyl (C=O) groups is 1. The fourth-order valence-electron chi connectivity index (χ4n) is 2.89. The lowest BCUT2D eigenvalue weighted by molar-refractivity contribution is 0.149. The Hall–Kier alpha value is -0.810. The van der Waals surface area contributed by atoms with Crippen LogP contribution in [0.15, 0.2) is 0 Å². The standard InChI is InChI=1S/C13H25N3O2/c1-2-16(12-5-3-10(14)4-6-12)13(17)15-11-7-8-18-9-11/h10-12H,2-9,14H2,1H3,(H,15,17). The molecule has 5 nitrogen and oxygen atoms in total. The zero-order valence-electron chi connectivity index (χ0n) is 11.2. The molecule has 0 aromatic carbocycles. The quantitative estimate of drug-likeness (QED) is 0.793. The summed E-state index contributed by atoms with van der Waals surface area (Å²) < 4.78 is 5.28. The molecule has 1 aliphatic heterocycles. The van der Waals surface area contributed by atoms with Crippen molar-refractivity contribution < 1.29 is 9.53 Å². The van der Waals surface area contributed by atoms with Gasteiger partial charge in [0.25, 0.3) is 0 Å². The van der Waals surface area contributed by atoms with Crippen LogP contribution in [0, 0.1) is 0 Å². The summed E-state index contributed by atoms with van der Waals surface area (Å²) in [6.45, 7) is 4.22. The molecule has 0 spiro atoms. The monoisotopic (exact) mass is 255 g/mol. The molecule has 1 heterocycles. The van der Waals surface area contributed by atoms with Gasteiger partial charge in [0.05, 0.1) is 12.6 Å². The van der Waals surface area contributed by atoms with E-state index in [1.54, 1.807) is 0 Å². The summed E-state index contributed by atoms with van der Waals surface area (Å²) in [4.78, 5) is 14.2. The topological polar surface area (TPSA) is 67.6 Å². The third-order valence-electron chi connectivity index (χ3n) is 4.04. The van der Waals surface area contributed by atoms with E-state index in [9.17, 15) is 4.79 Å². The lowest BCUT2D eigenvalue weighted by Crippen LogP contribution is -2.51. The molecule has 104 valence electrons. The summed E-state index contributed by atoms with van der Waals surface area (Å²) in [5.74, 6) is 0. The number of nitrogens with zero attached hydrogens (tertiary/aromatic N) is 1. The second-order valence-electron chi connectivity index (χ2n) is 5.36. The van der Waals surface area contributed by atoms with Crippen molar-refractivity contribution in [3.8, 4) is 0 Å². The maximum Gasteiger partial charge on any atom is 0.317 e. The van der Waals surface area contributed by atoms with Crippen molar-refractivity contribution in [3.63, 3.8) is 0 Å². The van der Waals surface area contributed by atoms with E-state index in [1.807, 2.05) is 11.8 Å². The minimum absolute atomic E-state index is 0.0634. The van der Waals surface area contributed by atoms with Gasteiger partial charge in [-0.2, -0.15) is 0 Å². The smallest absolute Gasteiger partial charge is 0.317 e. The van der Waals surface area contributed by atoms with Gasteiger partial charge in [0, 0.05) is 25.2 Å². The Morgan fingerprint density at radius 2 is 2.06 bits per heavy atom. The molecule has 0 radical (unpaired) electrons. The highest BCUT2D eigenvalue weighted by molar-refractivity contribution is 5.75. The third-order valence-corrected chi connectivity index (χ3v) is 4.04. The van der Waals surface area contributed by atoms with Crippen molar-refractivity contribution in [1.29, 1.82) is 0 Å². The molecule has 0 aromatic rings. The van der Waals surface area contributed by atoms with Crippen LogP contribution in [0.1, 0.15) is 39.0 Å². The third kappa shape index (κ3) is 3.36. The molecule has 0 aromatic heterocycles. The normalized spacial score (nSPS) is 32.2. The van der Waals surface area contributed by atoms with Crippen LogP contribution in [0.2, 0.25) is 0 Å². The minimum Gasteiger partial charge on any atom is -0.379 e. The van der Waals surface area contributed by atoms with Crippen LogP contribution >= 0.6 is 0 Å². The van der Waals surface area contributed by atoms with Crippen LogP contribution in [-0.2, 0) is 4.74 Å². The summed E-state index contributed by atoms with van der Waals surface area (Å²) in [6, 6.07) is 0.939. The van der Waals surface area contributed by atoms with Crippen LogP contribution in [0.4, 0.5) is 4.79 Å². The van der Waals surface area contributed by atoms with E-state index in [4.69, 9.17) is 10.5 Å². The van der Waals surface area contributed by atoms with Crippen LogP contribution in [-0.4, -0.2) is 48.8 Å². The van der Waals surface area contributed by atoms with Gasteiger partial charge in [0.2, 0.25) is 0 Å². The zero-order valence-corrected chi connectivity index (χ0v) is 11.2. The van der Waals surface area contributed by atoms with E-state index in [2.05, 4.69) is 5.32 Å². The van der Waals surface area contributed by atoms with Crippen molar-refractivity contribution in [2.45, 2.75) is 57.2 Å². The number of hydrogen-bond acceptors (Lipinski definition) is 3. The van der Waals surface area contributed by atoms with E-state index < -0.39 is 0 Å². The first-order valence-corrected chi connectivity index (χ1v) is 7.11. The van der Waals surface area contributed by atoms with E-state index in [1.165, 1.54) is 0 Å². The fourth-order valence-corrected chi connectivity index (χ4v) is 2.89. The molecule has 0 bridgehead atoms. The lowest BCUT2D eigenvalue weighted by atomic mass is 9.91. The average Bonchev–Trinajstić information content (AvgIpc) is 2.85. The summed E-state index contributed by atoms with van der Waals surface area (Å²) in [5, 5.41) is 3.07. The van der Waals surface area contributed by atoms with Gasteiger partial charge in [0.1, 0.15) is 0 Å². The molecular formula is C13H25N3O2. The van der Waals surface area contributed by atoms with Gasteiger partial charge in [-0.15, -0.1) is 0 Å². The molecule has 2 aliphatic rings. The number of carbonyl (C=O) groups excluding carboxylic acids is 1. The Labute approximate surface area is 109 Å². The highest BCUT2D eigenvalue weighted by Crippen LogP contribution is 2.22. The first-order chi connectivity index (χ1) is 8.70. The van der Waals surface area contributed by atoms with Gasteiger partial charge in [-0.1, -0.05) is 0 Å². The van der Waals surface area contributed by atoms with E-state index >= 15 is 0 Å². The molecule has 2 rings (SSSR count).